The van der Waals surface area contributed by atoms with Gasteiger partial charge in [0, 0.05) is 6.92 Å². The largest absolute Gasteiger partial charge is 0.493 e. The van der Waals surface area contributed by atoms with Crippen LogP contribution in [-0.4, -0.2) is 43.9 Å². The quantitative estimate of drug-likeness (QED) is 0.257. The normalized spacial score (nSPS) is 14.8. The van der Waals surface area contributed by atoms with Gasteiger partial charge in [0.25, 0.3) is 5.56 Å². The molecular weight excluding hydrogens is 560 g/mol. The minimum absolute atomic E-state index is 0.115. The second-order valence-electron chi connectivity index (χ2n) is 9.92. The number of fused-ring (bicyclic) bond motifs is 1. The van der Waals surface area contributed by atoms with Gasteiger partial charge in [0.05, 0.1) is 49.3 Å². The lowest BCUT2D eigenvalue weighted by atomic mass is 9.95. The van der Waals surface area contributed by atoms with Gasteiger partial charge in [-0.2, -0.15) is 0 Å². The van der Waals surface area contributed by atoms with Gasteiger partial charge in [-0.3, -0.25) is 14.2 Å². The number of hydrogen-bond donors (Lipinski definition) is 0. The molecule has 1 aromatic heterocycles. The second-order valence-corrected chi connectivity index (χ2v) is 10.9. The molecule has 0 spiro atoms. The highest BCUT2D eigenvalue weighted by Gasteiger charge is 2.34. The zero-order valence-corrected chi connectivity index (χ0v) is 25.5. The van der Waals surface area contributed by atoms with E-state index >= 15 is 0 Å². The summed E-state index contributed by atoms with van der Waals surface area (Å²) in [7, 11) is 3.00. The van der Waals surface area contributed by atoms with E-state index in [0.29, 0.717) is 38.7 Å². The fraction of sp³-hybridized carbons (Fsp3) is 0.355. The Labute approximate surface area is 247 Å². The Morgan fingerprint density at radius 3 is 2.38 bits per heavy atom. The zero-order valence-electron chi connectivity index (χ0n) is 24.7. The molecule has 3 aromatic rings. The number of nitrogens with zero attached hydrogens (tertiary/aromatic N) is 2. The van der Waals surface area contributed by atoms with Crippen LogP contribution in [0.1, 0.15) is 51.8 Å². The molecule has 0 aliphatic carbocycles. The molecule has 2 heterocycles. The van der Waals surface area contributed by atoms with Crippen molar-refractivity contribution in [1.29, 1.82) is 0 Å². The van der Waals surface area contributed by atoms with Gasteiger partial charge in [-0.05, 0) is 61.2 Å². The fourth-order valence-electron chi connectivity index (χ4n) is 4.51. The van der Waals surface area contributed by atoms with Crippen molar-refractivity contribution in [3.8, 4) is 23.0 Å². The van der Waals surface area contributed by atoms with Crippen molar-refractivity contribution in [3.63, 3.8) is 0 Å². The van der Waals surface area contributed by atoms with E-state index in [1.54, 1.807) is 50.4 Å². The van der Waals surface area contributed by atoms with Crippen LogP contribution in [0, 0.1) is 5.92 Å². The molecule has 4 rings (SSSR count). The summed E-state index contributed by atoms with van der Waals surface area (Å²) in [6, 6.07) is 9.46. The van der Waals surface area contributed by atoms with Crippen molar-refractivity contribution in [3.05, 3.63) is 78.5 Å². The van der Waals surface area contributed by atoms with Crippen molar-refractivity contribution in [1.82, 2.24) is 4.57 Å². The average molecular weight is 595 g/mol. The summed E-state index contributed by atoms with van der Waals surface area (Å²) in [6.07, 6.45) is 1.75. The lowest BCUT2D eigenvalue weighted by molar-refractivity contribution is -0.140. The van der Waals surface area contributed by atoms with Crippen molar-refractivity contribution < 1.29 is 33.3 Å². The first-order chi connectivity index (χ1) is 20.1. The fourth-order valence-corrected chi connectivity index (χ4v) is 5.56. The lowest BCUT2D eigenvalue weighted by Crippen LogP contribution is -2.40. The van der Waals surface area contributed by atoms with Crippen LogP contribution in [0.5, 0.6) is 23.0 Å². The number of carbonyl (C=O) groups excluding carboxylic acids is 2. The van der Waals surface area contributed by atoms with E-state index in [4.69, 9.17) is 23.7 Å². The first-order valence-electron chi connectivity index (χ1n) is 13.4. The summed E-state index contributed by atoms with van der Waals surface area (Å²) in [6.45, 7) is 9.48. The van der Waals surface area contributed by atoms with Crippen LogP contribution in [0.4, 0.5) is 0 Å². The third-order valence-corrected chi connectivity index (χ3v) is 7.31. The topological polar surface area (TPSA) is 115 Å². The minimum Gasteiger partial charge on any atom is -0.493 e. The summed E-state index contributed by atoms with van der Waals surface area (Å²) in [5.41, 5.74) is 1.63. The van der Waals surface area contributed by atoms with E-state index in [-0.39, 0.29) is 35.2 Å². The summed E-state index contributed by atoms with van der Waals surface area (Å²) in [5.74, 6) is 0.680. The smallest absolute Gasteiger partial charge is 0.338 e. The summed E-state index contributed by atoms with van der Waals surface area (Å²) in [4.78, 5) is 44.1. The van der Waals surface area contributed by atoms with Gasteiger partial charge in [0.1, 0.15) is 0 Å². The van der Waals surface area contributed by atoms with Gasteiger partial charge in [-0.25, -0.2) is 9.79 Å². The van der Waals surface area contributed by atoms with E-state index < -0.39 is 18.0 Å². The standard InChI is InChI=1S/C31H34N2O8S/c1-8-39-22-11-9-20(13-24(22)37-6)14-26-29(35)33-28(21-10-12-23(41-19(5)34)25(15-21)38-7)27(18(4)32-31(33)42-26)30(36)40-16-17(2)3/h9-15,17,28H,8,16H2,1-7H3. The monoisotopic (exact) mass is 594 g/mol. The van der Waals surface area contributed by atoms with Gasteiger partial charge in [-0.1, -0.05) is 37.3 Å². The Morgan fingerprint density at radius 1 is 1.05 bits per heavy atom. The number of carbonyl (C=O) groups is 2. The van der Waals surface area contributed by atoms with E-state index in [1.165, 1.54) is 29.9 Å². The van der Waals surface area contributed by atoms with Gasteiger partial charge in [-0.15, -0.1) is 0 Å². The van der Waals surface area contributed by atoms with E-state index in [2.05, 4.69) is 4.99 Å². The molecule has 0 saturated heterocycles. The Kier molecular flexibility index (Phi) is 9.52. The van der Waals surface area contributed by atoms with Gasteiger partial charge in [0.15, 0.2) is 27.8 Å². The number of rotatable bonds is 10. The summed E-state index contributed by atoms with van der Waals surface area (Å²) in [5, 5.41) is 0. The number of thiazole rings is 1. The molecule has 1 aliphatic heterocycles. The van der Waals surface area contributed by atoms with Crippen molar-refractivity contribution >= 4 is 29.4 Å². The molecule has 222 valence electrons. The van der Waals surface area contributed by atoms with Gasteiger partial charge >= 0.3 is 11.9 Å². The summed E-state index contributed by atoms with van der Waals surface area (Å²) >= 11 is 1.21. The molecular formula is C31H34N2O8S. The number of hydrogen-bond acceptors (Lipinski definition) is 10. The molecule has 0 N–H and O–H groups in total. The van der Waals surface area contributed by atoms with Crippen molar-refractivity contribution in [2.45, 2.75) is 40.7 Å². The van der Waals surface area contributed by atoms with Crippen LogP contribution < -0.4 is 33.8 Å². The highest BCUT2D eigenvalue weighted by molar-refractivity contribution is 7.07. The van der Waals surface area contributed by atoms with Crippen LogP contribution in [0.3, 0.4) is 0 Å². The highest BCUT2D eigenvalue weighted by Crippen LogP contribution is 2.36. The molecule has 0 bridgehead atoms. The van der Waals surface area contributed by atoms with E-state index in [1.807, 2.05) is 26.8 Å². The number of ether oxygens (including phenoxy) is 5. The van der Waals surface area contributed by atoms with Crippen molar-refractivity contribution in [2.24, 2.45) is 10.9 Å². The Balaban J connectivity index is 1.90. The number of esters is 2. The highest BCUT2D eigenvalue weighted by atomic mass is 32.1. The molecule has 1 aliphatic rings. The minimum atomic E-state index is -0.863. The SMILES string of the molecule is CCOc1ccc(C=c2sc3n(c2=O)C(c2ccc(OC(C)=O)c(OC)c2)C(C(=O)OCC(C)C)=C(C)N=3)cc1OC. The van der Waals surface area contributed by atoms with E-state index in [0.717, 1.165) is 5.56 Å². The zero-order chi connectivity index (χ0) is 30.6. The summed E-state index contributed by atoms with van der Waals surface area (Å²) < 4.78 is 29.3. The average Bonchev–Trinajstić information content (AvgIpc) is 3.25. The van der Waals surface area contributed by atoms with Crippen molar-refractivity contribution in [2.75, 3.05) is 27.4 Å². The van der Waals surface area contributed by atoms with Crippen LogP contribution in [-0.2, 0) is 14.3 Å². The predicted molar refractivity (Wildman–Crippen MR) is 158 cm³/mol. The molecule has 1 unspecified atom stereocenters. The maximum atomic E-state index is 14.0. The number of methoxy groups -OCH3 is 2. The first-order valence-corrected chi connectivity index (χ1v) is 14.3. The molecule has 0 fully saturated rings. The first kappa shape index (κ1) is 30.6. The maximum Gasteiger partial charge on any atom is 0.338 e. The molecule has 0 radical (unpaired) electrons. The lowest BCUT2D eigenvalue weighted by Gasteiger charge is -2.25. The molecule has 2 aromatic carbocycles. The van der Waals surface area contributed by atoms with Crippen LogP contribution in [0.25, 0.3) is 6.08 Å². The Morgan fingerprint density at radius 2 is 1.74 bits per heavy atom. The molecule has 42 heavy (non-hydrogen) atoms. The predicted octanol–water partition coefficient (Wildman–Crippen LogP) is 3.78. The molecule has 0 saturated carbocycles. The third kappa shape index (κ3) is 6.41. The third-order valence-electron chi connectivity index (χ3n) is 6.33. The Hall–Kier alpha value is -4.38. The molecule has 11 heteroatoms. The van der Waals surface area contributed by atoms with E-state index in [9.17, 15) is 14.4 Å². The molecule has 1 atom stereocenters. The van der Waals surface area contributed by atoms with Crippen LogP contribution in [0.2, 0.25) is 0 Å². The van der Waals surface area contributed by atoms with Crippen LogP contribution >= 0.6 is 11.3 Å². The number of allylic oxidation sites excluding steroid dienone is 1. The van der Waals surface area contributed by atoms with Gasteiger partial charge in [0.2, 0.25) is 0 Å². The Bertz CT molecular complexity index is 1720. The number of aromatic nitrogens is 1. The molecule has 10 nitrogen and oxygen atoms in total. The van der Waals surface area contributed by atoms with Crippen LogP contribution in [0.15, 0.2) is 57.5 Å². The van der Waals surface area contributed by atoms with Gasteiger partial charge < -0.3 is 23.7 Å². The second kappa shape index (κ2) is 13.1. The maximum absolute atomic E-state index is 14.0. The molecule has 0 amide bonds. The number of benzene rings is 2.